The molecule has 4 amide bonds. The van der Waals surface area contributed by atoms with Gasteiger partial charge in [-0.2, -0.15) is 0 Å². The smallest absolute Gasteiger partial charge is 0.326 e. The van der Waals surface area contributed by atoms with Crippen molar-refractivity contribution in [3.8, 4) is 11.5 Å². The van der Waals surface area contributed by atoms with E-state index in [9.17, 15) is 39.3 Å². The molecule has 9 N–H and O–H groups in total. The van der Waals surface area contributed by atoms with Gasteiger partial charge in [-0.3, -0.25) is 19.2 Å². The Bertz CT molecular complexity index is 1230. The van der Waals surface area contributed by atoms with Crippen LogP contribution in [0, 0.1) is 0 Å². The van der Waals surface area contributed by atoms with E-state index in [-0.39, 0.29) is 30.9 Å². The first-order chi connectivity index (χ1) is 18.9. The molecule has 13 nitrogen and oxygen atoms in total. The molecule has 1 fully saturated rings. The van der Waals surface area contributed by atoms with Crippen molar-refractivity contribution in [1.82, 2.24) is 15.5 Å². The molecule has 40 heavy (non-hydrogen) atoms. The Morgan fingerprint density at radius 2 is 1.43 bits per heavy atom. The second kappa shape index (κ2) is 13.4. The van der Waals surface area contributed by atoms with Crippen LogP contribution >= 0.6 is 0 Å². The van der Waals surface area contributed by atoms with Gasteiger partial charge in [0.2, 0.25) is 23.6 Å². The molecule has 0 spiro atoms. The van der Waals surface area contributed by atoms with E-state index in [2.05, 4.69) is 10.6 Å². The number of carboxylic acid groups (broad SMARTS) is 1. The van der Waals surface area contributed by atoms with Gasteiger partial charge in [-0.25, -0.2) is 4.79 Å². The third-order valence-corrected chi connectivity index (χ3v) is 6.58. The molecule has 1 saturated heterocycles. The lowest BCUT2D eigenvalue weighted by Crippen LogP contribution is -2.57. The molecule has 4 atom stereocenters. The number of likely N-dealkylation sites (tertiary alicyclic amines) is 1. The van der Waals surface area contributed by atoms with Crippen molar-refractivity contribution in [1.29, 1.82) is 0 Å². The molecule has 0 bridgehead atoms. The van der Waals surface area contributed by atoms with E-state index in [1.54, 1.807) is 12.1 Å². The minimum Gasteiger partial charge on any atom is -0.508 e. The van der Waals surface area contributed by atoms with E-state index in [1.165, 1.54) is 41.3 Å². The normalized spacial score (nSPS) is 16.9. The number of hydrogen-bond acceptors (Lipinski definition) is 8. The van der Waals surface area contributed by atoms with Crippen molar-refractivity contribution < 1.29 is 39.3 Å². The quantitative estimate of drug-likeness (QED) is 0.172. The van der Waals surface area contributed by atoms with E-state index in [0.717, 1.165) is 5.56 Å². The largest absolute Gasteiger partial charge is 0.508 e. The van der Waals surface area contributed by atoms with Crippen molar-refractivity contribution >= 4 is 29.6 Å². The number of carbonyl (C=O) groups excluding carboxylic acids is 4. The summed E-state index contributed by atoms with van der Waals surface area (Å²) >= 11 is 0. The summed E-state index contributed by atoms with van der Waals surface area (Å²) in [4.78, 5) is 63.8. The van der Waals surface area contributed by atoms with Gasteiger partial charge in [-0.15, -0.1) is 0 Å². The maximum absolute atomic E-state index is 13.4. The van der Waals surface area contributed by atoms with Gasteiger partial charge >= 0.3 is 5.97 Å². The van der Waals surface area contributed by atoms with Crippen LogP contribution in [0.15, 0.2) is 48.5 Å². The van der Waals surface area contributed by atoms with Gasteiger partial charge in [0.25, 0.3) is 0 Å². The zero-order valence-electron chi connectivity index (χ0n) is 21.7. The topological polar surface area (TPSA) is 225 Å². The molecular weight excluding hydrogens is 522 g/mol. The molecule has 13 heteroatoms. The van der Waals surface area contributed by atoms with Gasteiger partial charge < -0.3 is 42.3 Å². The molecule has 2 aromatic rings. The lowest BCUT2D eigenvalue weighted by molar-refractivity contribution is -0.144. The average molecular weight is 556 g/mol. The van der Waals surface area contributed by atoms with Crippen molar-refractivity contribution in [2.24, 2.45) is 11.5 Å². The highest BCUT2D eigenvalue weighted by atomic mass is 16.4. The third-order valence-electron chi connectivity index (χ3n) is 6.58. The number of phenols is 2. The van der Waals surface area contributed by atoms with E-state index in [4.69, 9.17) is 11.5 Å². The number of primary amides is 1. The summed E-state index contributed by atoms with van der Waals surface area (Å²) in [6.45, 7) is 0.286. The van der Waals surface area contributed by atoms with Crippen LogP contribution in [0.4, 0.5) is 0 Å². The highest BCUT2D eigenvalue weighted by Gasteiger charge is 2.38. The molecule has 0 aliphatic carbocycles. The van der Waals surface area contributed by atoms with Gasteiger partial charge in [0.1, 0.15) is 29.6 Å². The van der Waals surface area contributed by atoms with Crippen molar-refractivity contribution in [2.75, 3.05) is 6.54 Å². The monoisotopic (exact) mass is 555 g/mol. The van der Waals surface area contributed by atoms with Crippen LogP contribution in [0.2, 0.25) is 0 Å². The first-order valence-electron chi connectivity index (χ1n) is 12.7. The van der Waals surface area contributed by atoms with E-state index >= 15 is 0 Å². The zero-order valence-corrected chi connectivity index (χ0v) is 21.7. The zero-order chi connectivity index (χ0) is 29.4. The minimum absolute atomic E-state index is 0.00932. The van der Waals surface area contributed by atoms with Gasteiger partial charge in [-0.1, -0.05) is 24.3 Å². The number of nitrogens with one attached hydrogen (secondary N) is 2. The van der Waals surface area contributed by atoms with Crippen LogP contribution in [0.5, 0.6) is 11.5 Å². The van der Waals surface area contributed by atoms with E-state index < -0.39 is 60.2 Å². The number of carbonyl (C=O) groups is 5. The van der Waals surface area contributed by atoms with Gasteiger partial charge in [0.05, 0.1) is 12.5 Å². The van der Waals surface area contributed by atoms with Crippen molar-refractivity contribution in [3.63, 3.8) is 0 Å². The number of aliphatic carboxylic acids is 1. The number of nitrogens with zero attached hydrogens (tertiary/aromatic N) is 1. The van der Waals surface area contributed by atoms with Gasteiger partial charge in [0, 0.05) is 13.0 Å². The molecule has 4 unspecified atom stereocenters. The fourth-order valence-corrected chi connectivity index (χ4v) is 4.51. The summed E-state index contributed by atoms with van der Waals surface area (Å²) in [5.41, 5.74) is 12.5. The molecule has 1 heterocycles. The molecule has 1 aliphatic rings. The lowest BCUT2D eigenvalue weighted by atomic mass is 10.0. The fraction of sp³-hybridized carbons (Fsp3) is 0.370. The number of amides is 4. The van der Waals surface area contributed by atoms with Crippen LogP contribution < -0.4 is 22.1 Å². The molecule has 0 radical (unpaired) electrons. The third kappa shape index (κ3) is 8.17. The molecule has 3 rings (SSSR count). The lowest BCUT2D eigenvalue weighted by Gasteiger charge is -2.28. The number of phenolic OH excluding ortho intramolecular Hbond substituents is 2. The summed E-state index contributed by atoms with van der Waals surface area (Å²) in [7, 11) is 0. The molecule has 2 aromatic carbocycles. The number of carboxylic acids is 1. The number of aromatic hydroxyl groups is 2. The standard InChI is InChI=1S/C27H33N5O8/c28-19(12-15-3-7-17(33)8-4-15)26(38)32-11-1-2-22(32)25(37)30-20(13-16-5-9-18(34)10-6-16)24(36)31-21(27(39)40)14-23(29)35/h3-10,19-22,33-34H,1-2,11-14,28H2,(H2,29,35)(H,30,37)(H,31,36)(H,39,40). The van der Waals surface area contributed by atoms with Crippen molar-refractivity contribution in [3.05, 3.63) is 59.7 Å². The van der Waals surface area contributed by atoms with Crippen LogP contribution in [-0.2, 0) is 36.8 Å². The highest BCUT2D eigenvalue weighted by molar-refractivity contribution is 5.95. The Morgan fingerprint density at radius 3 is 1.95 bits per heavy atom. The van der Waals surface area contributed by atoms with Crippen LogP contribution in [0.3, 0.4) is 0 Å². The molecule has 0 saturated carbocycles. The Balaban J connectivity index is 1.74. The Kier molecular flexibility index (Phi) is 10.0. The van der Waals surface area contributed by atoms with Crippen LogP contribution in [-0.4, -0.2) is 80.5 Å². The minimum atomic E-state index is -1.60. The first-order valence-corrected chi connectivity index (χ1v) is 12.7. The summed E-state index contributed by atoms with van der Waals surface area (Å²) in [6, 6.07) is 7.39. The summed E-state index contributed by atoms with van der Waals surface area (Å²) in [6.07, 6.45) is 0.333. The maximum Gasteiger partial charge on any atom is 0.326 e. The Morgan fingerprint density at radius 1 is 0.875 bits per heavy atom. The number of nitrogens with two attached hydrogens (primary N) is 2. The van der Waals surface area contributed by atoms with Gasteiger partial charge in [0.15, 0.2) is 0 Å². The molecular formula is C27H33N5O8. The highest BCUT2D eigenvalue weighted by Crippen LogP contribution is 2.20. The summed E-state index contributed by atoms with van der Waals surface area (Å²) in [5.74, 6) is -4.27. The average Bonchev–Trinajstić information content (AvgIpc) is 3.39. The van der Waals surface area contributed by atoms with Gasteiger partial charge in [-0.05, 0) is 54.7 Å². The molecule has 214 valence electrons. The second-order valence-corrected chi connectivity index (χ2v) is 9.67. The van der Waals surface area contributed by atoms with Crippen molar-refractivity contribution in [2.45, 2.75) is 56.3 Å². The summed E-state index contributed by atoms with van der Waals surface area (Å²) in [5, 5.41) is 33.3. The Labute approximate surface area is 230 Å². The predicted molar refractivity (Wildman–Crippen MR) is 142 cm³/mol. The second-order valence-electron chi connectivity index (χ2n) is 9.67. The maximum atomic E-state index is 13.4. The SMILES string of the molecule is NC(=O)CC(NC(=O)C(Cc1ccc(O)cc1)NC(=O)C1CCCN1C(=O)C(N)Cc1ccc(O)cc1)C(=O)O. The molecule has 1 aliphatic heterocycles. The number of benzene rings is 2. The predicted octanol–water partition coefficient (Wildman–Crippen LogP) is -0.869. The Hall–Kier alpha value is -4.65. The first kappa shape index (κ1) is 29.9. The van der Waals surface area contributed by atoms with E-state index in [1.807, 2.05) is 0 Å². The summed E-state index contributed by atoms with van der Waals surface area (Å²) < 4.78 is 0. The molecule has 0 aromatic heterocycles. The number of rotatable bonds is 12. The van der Waals surface area contributed by atoms with Crippen LogP contribution in [0.1, 0.15) is 30.4 Å². The van der Waals surface area contributed by atoms with Crippen LogP contribution in [0.25, 0.3) is 0 Å². The van der Waals surface area contributed by atoms with E-state index in [0.29, 0.717) is 18.4 Å². The number of hydrogen-bond donors (Lipinski definition) is 7. The fourth-order valence-electron chi connectivity index (χ4n) is 4.51.